The first-order valence-electron chi connectivity index (χ1n) is 8.82. The molecule has 1 amide bonds. The molecule has 0 radical (unpaired) electrons. The molecule has 1 saturated heterocycles. The van der Waals surface area contributed by atoms with Gasteiger partial charge in [-0.15, -0.1) is 0 Å². The summed E-state index contributed by atoms with van der Waals surface area (Å²) in [6.07, 6.45) is 1.61. The first kappa shape index (κ1) is 21.3. The van der Waals surface area contributed by atoms with Gasteiger partial charge in [0, 0.05) is 18.7 Å². The smallest absolute Gasteiger partial charge is 0.247 e. The number of amides is 1. The largest absolute Gasteiger partial charge is 0.495 e. The molecule has 1 aromatic carbocycles. The number of sulfonamides is 1. The summed E-state index contributed by atoms with van der Waals surface area (Å²) in [6.45, 7) is 1.19. The fraction of sp³-hybridized carbons (Fsp3) is 0.389. The molecule has 29 heavy (non-hydrogen) atoms. The lowest BCUT2D eigenvalue weighted by atomic mass is 10.2. The standard InChI is InChI=1S/C18H22N2O7S2/c1-13(21)19-14-5-6-17(26-2)18(10-14)29(24,25)20(11-16-4-3-8-27-16)15-7-9-28(22,23)12-15/h3-6,8,10,15H,7,9,11-12H2,1-2H3,(H,19,21)/t15-/m1/s1. The van der Waals surface area contributed by atoms with E-state index in [4.69, 9.17) is 9.15 Å². The van der Waals surface area contributed by atoms with E-state index in [-0.39, 0.29) is 46.7 Å². The van der Waals surface area contributed by atoms with Gasteiger partial charge < -0.3 is 14.5 Å². The van der Waals surface area contributed by atoms with Crippen molar-refractivity contribution in [1.29, 1.82) is 0 Å². The molecule has 1 atom stereocenters. The van der Waals surface area contributed by atoms with Crippen LogP contribution in [0.5, 0.6) is 5.75 Å². The number of ether oxygens (including phenoxy) is 1. The predicted molar refractivity (Wildman–Crippen MR) is 106 cm³/mol. The Labute approximate surface area is 169 Å². The molecule has 0 unspecified atom stereocenters. The fourth-order valence-electron chi connectivity index (χ4n) is 3.25. The number of nitrogens with zero attached hydrogens (tertiary/aromatic N) is 1. The van der Waals surface area contributed by atoms with Crippen LogP contribution in [-0.2, 0) is 31.2 Å². The second-order valence-corrected chi connectivity index (χ2v) is 10.8. The highest BCUT2D eigenvalue weighted by Gasteiger charge is 2.40. The van der Waals surface area contributed by atoms with Gasteiger partial charge in [-0.05, 0) is 36.8 Å². The van der Waals surface area contributed by atoms with Crippen molar-refractivity contribution in [3.05, 3.63) is 42.4 Å². The second kappa shape index (κ2) is 8.17. The zero-order valence-electron chi connectivity index (χ0n) is 16.0. The molecule has 0 aliphatic carbocycles. The zero-order chi connectivity index (χ0) is 21.2. The summed E-state index contributed by atoms with van der Waals surface area (Å²) in [5.41, 5.74) is 0.286. The van der Waals surface area contributed by atoms with Crippen LogP contribution in [0, 0.1) is 0 Å². The maximum atomic E-state index is 13.6. The van der Waals surface area contributed by atoms with Gasteiger partial charge in [0.25, 0.3) is 0 Å². The van der Waals surface area contributed by atoms with Crippen LogP contribution in [0.25, 0.3) is 0 Å². The molecule has 0 saturated carbocycles. The molecule has 1 aliphatic heterocycles. The lowest BCUT2D eigenvalue weighted by Gasteiger charge is -2.27. The Bertz CT molecular complexity index is 1090. The second-order valence-electron chi connectivity index (χ2n) is 6.73. The Hall–Kier alpha value is -2.37. The van der Waals surface area contributed by atoms with Crippen LogP contribution >= 0.6 is 0 Å². The molecule has 1 aromatic heterocycles. The van der Waals surface area contributed by atoms with E-state index in [2.05, 4.69) is 5.32 Å². The van der Waals surface area contributed by atoms with Gasteiger partial charge in [-0.1, -0.05) is 0 Å². The monoisotopic (exact) mass is 442 g/mol. The van der Waals surface area contributed by atoms with Crippen LogP contribution in [0.4, 0.5) is 5.69 Å². The maximum Gasteiger partial charge on any atom is 0.247 e. The molecule has 11 heteroatoms. The third kappa shape index (κ3) is 4.80. The Balaban J connectivity index is 2.07. The van der Waals surface area contributed by atoms with Crippen LogP contribution < -0.4 is 10.1 Å². The Morgan fingerprint density at radius 2 is 2.10 bits per heavy atom. The number of benzene rings is 1. The van der Waals surface area contributed by atoms with Crippen LogP contribution in [0.1, 0.15) is 19.1 Å². The first-order valence-corrected chi connectivity index (χ1v) is 12.1. The quantitative estimate of drug-likeness (QED) is 0.691. The molecule has 3 rings (SSSR count). The lowest BCUT2D eigenvalue weighted by molar-refractivity contribution is -0.114. The van der Waals surface area contributed by atoms with E-state index in [0.29, 0.717) is 5.76 Å². The van der Waals surface area contributed by atoms with Crippen molar-refractivity contribution in [3.8, 4) is 5.75 Å². The summed E-state index contributed by atoms with van der Waals surface area (Å²) >= 11 is 0. The molecule has 0 bridgehead atoms. The third-order valence-electron chi connectivity index (χ3n) is 4.58. The van der Waals surface area contributed by atoms with Gasteiger partial charge in [-0.25, -0.2) is 16.8 Å². The summed E-state index contributed by atoms with van der Waals surface area (Å²) in [5, 5.41) is 2.54. The molecule has 1 fully saturated rings. The number of carbonyl (C=O) groups is 1. The van der Waals surface area contributed by atoms with E-state index in [1.807, 2.05) is 0 Å². The van der Waals surface area contributed by atoms with Crippen LogP contribution in [-0.4, -0.2) is 51.7 Å². The van der Waals surface area contributed by atoms with E-state index >= 15 is 0 Å². The van der Waals surface area contributed by atoms with E-state index in [1.54, 1.807) is 12.1 Å². The number of methoxy groups -OCH3 is 1. The highest BCUT2D eigenvalue weighted by atomic mass is 32.2. The van der Waals surface area contributed by atoms with Gasteiger partial charge in [-0.2, -0.15) is 4.31 Å². The number of hydrogen-bond donors (Lipinski definition) is 1. The maximum absolute atomic E-state index is 13.6. The number of nitrogens with one attached hydrogen (secondary N) is 1. The fourth-order valence-corrected chi connectivity index (χ4v) is 6.88. The van der Waals surface area contributed by atoms with E-state index < -0.39 is 25.9 Å². The van der Waals surface area contributed by atoms with Gasteiger partial charge in [0.1, 0.15) is 16.4 Å². The van der Waals surface area contributed by atoms with E-state index in [0.717, 1.165) is 4.31 Å². The molecule has 2 heterocycles. The Kier molecular flexibility index (Phi) is 6.01. The molecular weight excluding hydrogens is 420 g/mol. The number of rotatable bonds is 7. The summed E-state index contributed by atoms with van der Waals surface area (Å²) in [6, 6.07) is 6.78. The number of sulfone groups is 1. The predicted octanol–water partition coefficient (Wildman–Crippen LogP) is 1.62. The van der Waals surface area contributed by atoms with Crippen molar-refractivity contribution >= 4 is 31.5 Å². The molecule has 2 aromatic rings. The summed E-state index contributed by atoms with van der Waals surface area (Å²) in [7, 11) is -6.17. The van der Waals surface area contributed by atoms with Gasteiger partial charge in [0.15, 0.2) is 9.84 Å². The van der Waals surface area contributed by atoms with Crippen LogP contribution in [0.3, 0.4) is 0 Å². The average molecular weight is 443 g/mol. The normalized spacial score (nSPS) is 18.7. The highest BCUT2D eigenvalue weighted by molar-refractivity contribution is 7.92. The van der Waals surface area contributed by atoms with Crippen LogP contribution in [0.2, 0.25) is 0 Å². The van der Waals surface area contributed by atoms with Gasteiger partial charge in [0.2, 0.25) is 15.9 Å². The summed E-state index contributed by atoms with van der Waals surface area (Å²) in [4.78, 5) is 11.2. The average Bonchev–Trinajstić information content (AvgIpc) is 3.28. The minimum Gasteiger partial charge on any atom is -0.495 e. The van der Waals surface area contributed by atoms with Crippen molar-refractivity contribution in [2.24, 2.45) is 0 Å². The van der Waals surface area contributed by atoms with Crippen molar-refractivity contribution in [2.75, 3.05) is 23.9 Å². The molecular formula is C18H22N2O7S2. The molecule has 9 nitrogen and oxygen atoms in total. The van der Waals surface area contributed by atoms with E-state index in [9.17, 15) is 21.6 Å². The molecule has 1 N–H and O–H groups in total. The van der Waals surface area contributed by atoms with Crippen LogP contribution in [0.15, 0.2) is 45.9 Å². The molecule has 158 valence electrons. The van der Waals surface area contributed by atoms with E-state index in [1.165, 1.54) is 38.5 Å². The van der Waals surface area contributed by atoms with Crippen molar-refractivity contribution < 1.29 is 30.8 Å². The SMILES string of the molecule is COc1ccc(NC(C)=O)cc1S(=O)(=O)N(Cc1ccco1)[C@@H]1CCS(=O)(=O)C1. The molecule has 0 spiro atoms. The number of hydrogen-bond acceptors (Lipinski definition) is 7. The minimum absolute atomic E-state index is 0.0785. The Morgan fingerprint density at radius 3 is 2.66 bits per heavy atom. The number of anilines is 1. The number of carbonyl (C=O) groups excluding carboxylic acids is 1. The van der Waals surface area contributed by atoms with Crippen molar-refractivity contribution in [1.82, 2.24) is 4.31 Å². The van der Waals surface area contributed by atoms with Gasteiger partial charge in [-0.3, -0.25) is 4.79 Å². The third-order valence-corrected chi connectivity index (χ3v) is 8.25. The number of furan rings is 1. The first-order chi connectivity index (χ1) is 13.6. The summed E-state index contributed by atoms with van der Waals surface area (Å²) in [5.74, 6) is -0.224. The van der Waals surface area contributed by atoms with Gasteiger partial charge in [0.05, 0.1) is 31.4 Å². The van der Waals surface area contributed by atoms with Gasteiger partial charge >= 0.3 is 0 Å². The van der Waals surface area contributed by atoms with Crippen molar-refractivity contribution in [2.45, 2.75) is 30.8 Å². The molecule has 1 aliphatic rings. The summed E-state index contributed by atoms with van der Waals surface area (Å²) < 4.78 is 62.8. The zero-order valence-corrected chi connectivity index (χ0v) is 17.6. The topological polar surface area (TPSA) is 123 Å². The van der Waals surface area contributed by atoms with Crippen molar-refractivity contribution in [3.63, 3.8) is 0 Å². The highest BCUT2D eigenvalue weighted by Crippen LogP contribution is 2.33. The Morgan fingerprint density at radius 1 is 1.34 bits per heavy atom. The lowest BCUT2D eigenvalue weighted by Crippen LogP contribution is -2.40. The minimum atomic E-state index is -4.18.